The Kier molecular flexibility index (Phi) is 8.12. The molecule has 0 bridgehead atoms. The molecule has 0 amide bonds. The van der Waals surface area contributed by atoms with Crippen LogP contribution in [0, 0.1) is 5.92 Å². The highest BCUT2D eigenvalue weighted by molar-refractivity contribution is 6.12. The van der Waals surface area contributed by atoms with Crippen molar-refractivity contribution in [2.75, 3.05) is 26.9 Å². The second kappa shape index (κ2) is 11.2. The van der Waals surface area contributed by atoms with Gasteiger partial charge in [0.25, 0.3) is 0 Å². The summed E-state index contributed by atoms with van der Waals surface area (Å²) >= 11 is 0. The van der Waals surface area contributed by atoms with Crippen molar-refractivity contribution in [2.24, 2.45) is 16.6 Å². The van der Waals surface area contributed by atoms with Crippen molar-refractivity contribution in [3.63, 3.8) is 0 Å². The van der Waals surface area contributed by atoms with Gasteiger partial charge in [-0.25, -0.2) is 4.98 Å². The van der Waals surface area contributed by atoms with Gasteiger partial charge in [-0.3, -0.25) is 9.98 Å². The summed E-state index contributed by atoms with van der Waals surface area (Å²) in [7, 11) is 1.64. The molecule has 0 aliphatic heterocycles. The maximum atomic E-state index is 5.98. The number of aromatic nitrogens is 2. The summed E-state index contributed by atoms with van der Waals surface area (Å²) in [5.74, 6) is 1.14. The fourth-order valence-corrected chi connectivity index (χ4v) is 3.12. The molecule has 0 aliphatic carbocycles. The van der Waals surface area contributed by atoms with E-state index in [-0.39, 0.29) is 0 Å². The monoisotopic (exact) mass is 418 g/mol. The molecule has 2 N–H and O–H groups in total. The van der Waals surface area contributed by atoms with Gasteiger partial charge in [0, 0.05) is 60.4 Å². The SMILES string of the molecule is COCCOc1ccc(/C(C=NCCC(C)C)=C/N)c(-c2ccc3cccnc3c2)n1. The van der Waals surface area contributed by atoms with E-state index in [4.69, 9.17) is 20.2 Å². The van der Waals surface area contributed by atoms with E-state index in [1.54, 1.807) is 19.5 Å². The summed E-state index contributed by atoms with van der Waals surface area (Å²) < 4.78 is 10.8. The largest absolute Gasteiger partial charge is 0.475 e. The molecule has 0 unspecified atom stereocenters. The van der Waals surface area contributed by atoms with E-state index in [1.807, 2.05) is 48.7 Å². The molecule has 0 atom stereocenters. The molecule has 2 heterocycles. The van der Waals surface area contributed by atoms with Crippen LogP contribution in [-0.4, -0.2) is 43.1 Å². The molecule has 0 fully saturated rings. The first-order valence-electron chi connectivity index (χ1n) is 10.5. The Balaban J connectivity index is 2.00. The molecule has 2 aromatic heterocycles. The van der Waals surface area contributed by atoms with Gasteiger partial charge in [-0.15, -0.1) is 0 Å². The van der Waals surface area contributed by atoms with Gasteiger partial charge < -0.3 is 15.2 Å². The molecule has 0 saturated carbocycles. The molecule has 0 radical (unpaired) electrons. The van der Waals surface area contributed by atoms with E-state index < -0.39 is 0 Å². The van der Waals surface area contributed by atoms with Crippen molar-refractivity contribution < 1.29 is 9.47 Å². The van der Waals surface area contributed by atoms with Gasteiger partial charge in [-0.05, 0) is 30.5 Å². The number of benzene rings is 1. The average molecular weight is 419 g/mol. The molecule has 1 aromatic carbocycles. The second-order valence-corrected chi connectivity index (χ2v) is 7.64. The number of nitrogens with zero attached hydrogens (tertiary/aromatic N) is 3. The van der Waals surface area contributed by atoms with Gasteiger partial charge in [0.1, 0.15) is 6.61 Å². The standard InChI is InChI=1S/C25H30N4O2/c1-18(2)10-12-27-17-21(16-26)22-8-9-24(31-14-13-30-3)29-25(22)20-7-6-19-5-4-11-28-23(19)15-20/h4-9,11,15-18H,10,12-14,26H2,1-3H3/b21-16+,27-17?. The normalized spacial score (nSPS) is 12.2. The van der Waals surface area contributed by atoms with E-state index >= 15 is 0 Å². The smallest absolute Gasteiger partial charge is 0.213 e. The van der Waals surface area contributed by atoms with Crippen LogP contribution in [0.1, 0.15) is 25.8 Å². The molecular formula is C25H30N4O2. The second-order valence-electron chi connectivity index (χ2n) is 7.64. The Labute approximate surface area is 183 Å². The van der Waals surface area contributed by atoms with Crippen LogP contribution in [0.15, 0.2) is 59.9 Å². The van der Waals surface area contributed by atoms with Gasteiger partial charge in [0.15, 0.2) is 0 Å². The number of fused-ring (bicyclic) bond motifs is 1. The number of allylic oxidation sites excluding steroid dienone is 1. The van der Waals surface area contributed by atoms with Gasteiger partial charge in [-0.1, -0.05) is 32.0 Å². The summed E-state index contributed by atoms with van der Waals surface area (Å²) in [4.78, 5) is 13.8. The Bertz CT molecular complexity index is 1060. The number of aliphatic imine (C=N–C) groups is 1. The minimum Gasteiger partial charge on any atom is -0.475 e. The molecular weight excluding hydrogens is 388 g/mol. The molecule has 3 aromatic rings. The first-order valence-corrected chi connectivity index (χ1v) is 10.5. The zero-order valence-electron chi connectivity index (χ0n) is 18.4. The van der Waals surface area contributed by atoms with Crippen LogP contribution in [0.25, 0.3) is 27.7 Å². The quantitative estimate of drug-likeness (QED) is 0.380. The van der Waals surface area contributed by atoms with E-state index in [9.17, 15) is 0 Å². The van der Waals surface area contributed by atoms with Crippen LogP contribution in [0.2, 0.25) is 0 Å². The van der Waals surface area contributed by atoms with Gasteiger partial charge in [0.2, 0.25) is 5.88 Å². The van der Waals surface area contributed by atoms with Crippen molar-refractivity contribution in [3.8, 4) is 17.1 Å². The molecule has 0 aliphatic rings. The van der Waals surface area contributed by atoms with Crippen LogP contribution in [0.4, 0.5) is 0 Å². The van der Waals surface area contributed by atoms with Crippen molar-refractivity contribution in [1.29, 1.82) is 0 Å². The highest BCUT2D eigenvalue weighted by Gasteiger charge is 2.13. The van der Waals surface area contributed by atoms with Gasteiger partial charge in [-0.2, -0.15) is 0 Å². The summed E-state index contributed by atoms with van der Waals surface area (Å²) in [6, 6.07) is 13.9. The third-order valence-electron chi connectivity index (χ3n) is 4.84. The van der Waals surface area contributed by atoms with E-state index in [1.165, 1.54) is 0 Å². The topological polar surface area (TPSA) is 82.6 Å². The Hall–Kier alpha value is -3.25. The average Bonchev–Trinajstić information content (AvgIpc) is 2.79. The molecule has 6 heteroatoms. The zero-order valence-corrected chi connectivity index (χ0v) is 18.4. The van der Waals surface area contributed by atoms with Gasteiger partial charge >= 0.3 is 0 Å². The summed E-state index contributed by atoms with van der Waals surface area (Å²) in [5, 5.41) is 1.07. The lowest BCUT2D eigenvalue weighted by atomic mass is 9.99. The van der Waals surface area contributed by atoms with E-state index in [2.05, 4.69) is 23.8 Å². The third kappa shape index (κ3) is 6.12. The minimum absolute atomic E-state index is 0.428. The lowest BCUT2D eigenvalue weighted by Gasteiger charge is -2.13. The third-order valence-corrected chi connectivity index (χ3v) is 4.84. The van der Waals surface area contributed by atoms with Crippen molar-refractivity contribution in [1.82, 2.24) is 9.97 Å². The van der Waals surface area contributed by atoms with E-state index in [0.717, 1.165) is 46.3 Å². The Morgan fingerprint density at radius 3 is 2.81 bits per heavy atom. The summed E-state index contributed by atoms with van der Waals surface area (Å²) in [6.45, 7) is 6.06. The maximum Gasteiger partial charge on any atom is 0.213 e. The number of methoxy groups -OCH3 is 1. The summed E-state index contributed by atoms with van der Waals surface area (Å²) in [6.07, 6.45) is 6.22. The molecule has 0 saturated heterocycles. The lowest BCUT2D eigenvalue weighted by molar-refractivity contribution is 0.144. The fourth-order valence-electron chi connectivity index (χ4n) is 3.12. The highest BCUT2D eigenvalue weighted by Crippen LogP contribution is 2.30. The predicted molar refractivity (Wildman–Crippen MR) is 127 cm³/mol. The molecule has 6 nitrogen and oxygen atoms in total. The highest BCUT2D eigenvalue weighted by atomic mass is 16.5. The molecule has 0 spiro atoms. The van der Waals surface area contributed by atoms with Crippen LogP contribution in [0.3, 0.4) is 0 Å². The molecule has 162 valence electrons. The predicted octanol–water partition coefficient (Wildman–Crippen LogP) is 4.74. The van der Waals surface area contributed by atoms with Crippen LogP contribution < -0.4 is 10.5 Å². The number of ether oxygens (including phenoxy) is 2. The summed E-state index contributed by atoms with van der Waals surface area (Å²) in [5.41, 5.74) is 10.3. The van der Waals surface area contributed by atoms with Crippen molar-refractivity contribution in [3.05, 3.63) is 60.4 Å². The first kappa shape index (κ1) is 22.4. The van der Waals surface area contributed by atoms with Crippen molar-refractivity contribution >= 4 is 22.7 Å². The number of hydrogen-bond acceptors (Lipinski definition) is 6. The molecule has 3 rings (SSSR count). The number of rotatable bonds is 10. The lowest BCUT2D eigenvalue weighted by Crippen LogP contribution is -2.06. The van der Waals surface area contributed by atoms with Crippen LogP contribution >= 0.6 is 0 Å². The van der Waals surface area contributed by atoms with Crippen LogP contribution in [0.5, 0.6) is 5.88 Å². The van der Waals surface area contributed by atoms with Crippen molar-refractivity contribution in [2.45, 2.75) is 20.3 Å². The first-order chi connectivity index (χ1) is 15.1. The number of pyridine rings is 2. The zero-order chi connectivity index (χ0) is 22.1. The van der Waals surface area contributed by atoms with E-state index in [0.29, 0.717) is 25.0 Å². The fraction of sp³-hybridized carbons (Fsp3) is 0.320. The van der Waals surface area contributed by atoms with Gasteiger partial charge in [0.05, 0.1) is 17.8 Å². The Morgan fingerprint density at radius 1 is 1.16 bits per heavy atom. The van der Waals surface area contributed by atoms with Crippen LogP contribution in [-0.2, 0) is 4.74 Å². The minimum atomic E-state index is 0.428. The Morgan fingerprint density at radius 2 is 2.03 bits per heavy atom. The number of nitrogens with two attached hydrogens (primary N) is 1. The molecule has 31 heavy (non-hydrogen) atoms. The number of hydrogen-bond donors (Lipinski definition) is 1. The maximum absolute atomic E-state index is 5.98.